The predicted octanol–water partition coefficient (Wildman–Crippen LogP) is 3.30. The molecule has 1 aromatic rings. The van der Waals surface area contributed by atoms with Gasteiger partial charge in [-0.15, -0.1) is 0 Å². The number of nitrogens with two attached hydrogens (primary N) is 1. The van der Waals surface area contributed by atoms with Gasteiger partial charge in [-0.2, -0.15) is 0 Å². The van der Waals surface area contributed by atoms with Crippen LogP contribution in [-0.4, -0.2) is 34.9 Å². The van der Waals surface area contributed by atoms with E-state index in [1.807, 2.05) is 11.8 Å². The molecule has 2 atom stereocenters. The average Bonchev–Trinajstić information content (AvgIpc) is 2.80. The molecule has 1 aromatic heterocycles. The number of nitrogens with zero attached hydrogens (tertiary/aromatic N) is 1. The summed E-state index contributed by atoms with van der Waals surface area (Å²) in [5.74, 6) is 0.334. The van der Waals surface area contributed by atoms with Crippen LogP contribution in [0, 0.1) is 5.92 Å². The van der Waals surface area contributed by atoms with Gasteiger partial charge >= 0.3 is 0 Å². The van der Waals surface area contributed by atoms with Gasteiger partial charge in [-0.05, 0) is 38.3 Å². The molecule has 0 aliphatic heterocycles. The molecule has 1 heterocycles. The number of rotatable bonds is 4. The van der Waals surface area contributed by atoms with E-state index in [0.29, 0.717) is 34.9 Å². The molecule has 3 N–H and O–H groups in total. The first-order valence-electron chi connectivity index (χ1n) is 7.13. The topological polar surface area (TPSA) is 62.1 Å². The summed E-state index contributed by atoms with van der Waals surface area (Å²) < 4.78 is 0. The summed E-state index contributed by atoms with van der Waals surface area (Å²) in [5.41, 5.74) is 6.31. The first-order chi connectivity index (χ1) is 9.58. The fourth-order valence-electron chi connectivity index (χ4n) is 3.08. The number of hydrogen-bond acceptors (Lipinski definition) is 2. The van der Waals surface area contributed by atoms with Gasteiger partial charge in [0.05, 0.1) is 5.02 Å². The molecular weight excluding hydrogens is 297 g/mol. The second-order valence-electron chi connectivity index (χ2n) is 5.28. The van der Waals surface area contributed by atoms with E-state index in [9.17, 15) is 4.79 Å². The molecule has 0 aromatic carbocycles. The van der Waals surface area contributed by atoms with Crippen molar-refractivity contribution in [2.24, 2.45) is 11.7 Å². The van der Waals surface area contributed by atoms with Crippen molar-refractivity contribution in [1.29, 1.82) is 0 Å². The normalized spacial score (nSPS) is 22.8. The van der Waals surface area contributed by atoms with Gasteiger partial charge in [0.25, 0.3) is 5.91 Å². The minimum atomic E-state index is -0.0494. The Kier molecular flexibility index (Phi) is 5.35. The Morgan fingerprint density at radius 2 is 2.15 bits per heavy atom. The van der Waals surface area contributed by atoms with E-state index >= 15 is 0 Å². The molecule has 1 saturated carbocycles. The molecule has 1 amide bonds. The maximum absolute atomic E-state index is 12.6. The van der Waals surface area contributed by atoms with Crippen molar-refractivity contribution in [2.45, 2.75) is 38.6 Å². The standard InChI is InChI=1S/C14H21Cl2N3O/c1-2-19(12-6-4-3-5-9(12)8-17)14(20)11-7-10(15)13(16)18-11/h7,9,12,18H,2-6,8,17H2,1H3. The zero-order chi connectivity index (χ0) is 14.7. The molecule has 112 valence electrons. The van der Waals surface area contributed by atoms with Crippen LogP contribution in [0.15, 0.2) is 6.07 Å². The van der Waals surface area contributed by atoms with Gasteiger partial charge < -0.3 is 15.6 Å². The molecule has 1 fully saturated rings. The molecule has 4 nitrogen and oxygen atoms in total. The second-order valence-corrected chi connectivity index (χ2v) is 6.07. The van der Waals surface area contributed by atoms with Crippen molar-refractivity contribution in [3.63, 3.8) is 0 Å². The molecule has 1 aliphatic rings. The van der Waals surface area contributed by atoms with Crippen LogP contribution in [0.2, 0.25) is 10.2 Å². The van der Waals surface area contributed by atoms with Gasteiger partial charge in [-0.1, -0.05) is 36.0 Å². The summed E-state index contributed by atoms with van der Waals surface area (Å²) in [6, 6.07) is 1.81. The number of H-pyrrole nitrogens is 1. The van der Waals surface area contributed by atoms with E-state index in [0.717, 1.165) is 19.3 Å². The van der Waals surface area contributed by atoms with Crippen LogP contribution in [0.1, 0.15) is 43.1 Å². The third-order valence-electron chi connectivity index (χ3n) is 4.13. The molecule has 2 rings (SSSR count). The van der Waals surface area contributed by atoms with E-state index in [1.54, 1.807) is 6.07 Å². The second kappa shape index (κ2) is 6.83. The Morgan fingerprint density at radius 3 is 2.70 bits per heavy atom. The maximum Gasteiger partial charge on any atom is 0.270 e. The lowest BCUT2D eigenvalue weighted by Crippen LogP contribution is -2.48. The van der Waals surface area contributed by atoms with Gasteiger partial charge in [0, 0.05) is 12.6 Å². The molecule has 0 bridgehead atoms. The van der Waals surface area contributed by atoms with Crippen LogP contribution in [0.5, 0.6) is 0 Å². The Labute approximate surface area is 129 Å². The molecule has 20 heavy (non-hydrogen) atoms. The highest BCUT2D eigenvalue weighted by Crippen LogP contribution is 2.30. The number of carbonyl (C=O) groups excluding carboxylic acids is 1. The minimum absolute atomic E-state index is 0.0494. The summed E-state index contributed by atoms with van der Waals surface area (Å²) in [6.45, 7) is 3.28. The maximum atomic E-state index is 12.6. The summed E-state index contributed by atoms with van der Waals surface area (Å²) >= 11 is 11.8. The molecule has 0 spiro atoms. The Morgan fingerprint density at radius 1 is 1.45 bits per heavy atom. The monoisotopic (exact) mass is 317 g/mol. The Hall–Kier alpha value is -0.710. The summed E-state index contributed by atoms with van der Waals surface area (Å²) in [7, 11) is 0. The molecular formula is C14H21Cl2N3O. The van der Waals surface area contributed by atoms with Crippen LogP contribution in [0.3, 0.4) is 0 Å². The van der Waals surface area contributed by atoms with E-state index in [2.05, 4.69) is 4.98 Å². The molecule has 6 heteroatoms. The number of halogens is 2. The lowest BCUT2D eigenvalue weighted by atomic mass is 9.83. The Balaban J connectivity index is 2.20. The van der Waals surface area contributed by atoms with Crippen molar-refractivity contribution < 1.29 is 4.79 Å². The third kappa shape index (κ3) is 3.13. The minimum Gasteiger partial charge on any atom is -0.340 e. The highest BCUT2D eigenvalue weighted by Gasteiger charge is 2.32. The lowest BCUT2D eigenvalue weighted by Gasteiger charge is -2.39. The number of hydrogen-bond donors (Lipinski definition) is 2. The van der Waals surface area contributed by atoms with Crippen molar-refractivity contribution in [3.05, 3.63) is 21.9 Å². The average molecular weight is 318 g/mol. The first kappa shape index (κ1) is 15.7. The van der Waals surface area contributed by atoms with E-state index in [4.69, 9.17) is 28.9 Å². The summed E-state index contributed by atoms with van der Waals surface area (Å²) in [6.07, 6.45) is 4.46. The van der Waals surface area contributed by atoms with E-state index in [1.165, 1.54) is 6.42 Å². The van der Waals surface area contributed by atoms with Crippen LogP contribution < -0.4 is 5.73 Å². The first-order valence-corrected chi connectivity index (χ1v) is 7.89. The zero-order valence-corrected chi connectivity index (χ0v) is 13.2. The molecule has 1 aliphatic carbocycles. The number of aromatic amines is 1. The van der Waals surface area contributed by atoms with E-state index < -0.39 is 0 Å². The van der Waals surface area contributed by atoms with Crippen molar-refractivity contribution >= 4 is 29.1 Å². The predicted molar refractivity (Wildman–Crippen MR) is 82.3 cm³/mol. The quantitative estimate of drug-likeness (QED) is 0.895. The molecule has 2 unspecified atom stereocenters. The molecule has 0 radical (unpaired) electrons. The van der Waals surface area contributed by atoms with Crippen LogP contribution in [0.25, 0.3) is 0 Å². The van der Waals surface area contributed by atoms with E-state index in [-0.39, 0.29) is 11.9 Å². The lowest BCUT2D eigenvalue weighted by molar-refractivity contribution is 0.0555. The smallest absolute Gasteiger partial charge is 0.270 e. The number of aromatic nitrogens is 1. The largest absolute Gasteiger partial charge is 0.340 e. The van der Waals surface area contributed by atoms with Crippen molar-refractivity contribution in [3.8, 4) is 0 Å². The Bertz CT molecular complexity index is 455. The molecule has 0 saturated heterocycles. The third-order valence-corrected chi connectivity index (χ3v) is 4.82. The number of carbonyl (C=O) groups is 1. The zero-order valence-electron chi connectivity index (χ0n) is 11.7. The van der Waals surface area contributed by atoms with Gasteiger partial charge in [0.2, 0.25) is 0 Å². The number of nitrogens with one attached hydrogen (secondary N) is 1. The highest BCUT2D eigenvalue weighted by molar-refractivity contribution is 6.41. The van der Waals surface area contributed by atoms with Crippen LogP contribution >= 0.6 is 23.2 Å². The SMILES string of the molecule is CCN(C(=O)c1cc(Cl)c(Cl)[nH]1)C1CCCCC1CN. The fraction of sp³-hybridized carbons (Fsp3) is 0.643. The van der Waals surface area contributed by atoms with Crippen LogP contribution in [0.4, 0.5) is 0 Å². The fourth-order valence-corrected chi connectivity index (χ4v) is 3.39. The van der Waals surface area contributed by atoms with Crippen molar-refractivity contribution in [2.75, 3.05) is 13.1 Å². The van der Waals surface area contributed by atoms with Crippen LogP contribution in [-0.2, 0) is 0 Å². The van der Waals surface area contributed by atoms with Gasteiger partial charge in [-0.25, -0.2) is 0 Å². The highest BCUT2D eigenvalue weighted by atomic mass is 35.5. The van der Waals surface area contributed by atoms with Gasteiger partial charge in [-0.3, -0.25) is 4.79 Å². The summed E-state index contributed by atoms with van der Waals surface area (Å²) in [5, 5.41) is 0.690. The number of amides is 1. The van der Waals surface area contributed by atoms with Gasteiger partial charge in [0.15, 0.2) is 0 Å². The van der Waals surface area contributed by atoms with Crippen molar-refractivity contribution in [1.82, 2.24) is 9.88 Å². The van der Waals surface area contributed by atoms with Gasteiger partial charge in [0.1, 0.15) is 10.8 Å². The summed E-state index contributed by atoms with van der Waals surface area (Å²) in [4.78, 5) is 17.4.